The second kappa shape index (κ2) is 5.94. The van der Waals surface area contributed by atoms with Gasteiger partial charge in [0.2, 0.25) is 5.95 Å². The Morgan fingerprint density at radius 2 is 2.05 bits per heavy atom. The summed E-state index contributed by atoms with van der Waals surface area (Å²) in [6, 6.07) is 7.99. The Morgan fingerprint density at radius 1 is 1.32 bits per heavy atom. The molecular formula is C11H16N8. The fourth-order valence-electron chi connectivity index (χ4n) is 1.43. The quantitative estimate of drug-likeness (QED) is 0.352. The first-order valence-corrected chi connectivity index (χ1v) is 5.64. The normalized spacial score (nSPS) is 10.9. The Balaban J connectivity index is 2.04. The van der Waals surface area contributed by atoms with E-state index in [1.54, 1.807) is 6.21 Å². The summed E-state index contributed by atoms with van der Waals surface area (Å²) >= 11 is 0. The Bertz CT molecular complexity index is 542. The number of aromatic nitrogens is 3. The van der Waals surface area contributed by atoms with Crippen LogP contribution >= 0.6 is 0 Å². The van der Waals surface area contributed by atoms with Gasteiger partial charge in [-0.25, -0.2) is 10.1 Å². The molecule has 2 aromatic rings. The number of anilines is 2. The number of hydrazine groups is 2. The second-order valence-electron chi connectivity index (χ2n) is 4.00. The van der Waals surface area contributed by atoms with Crippen LogP contribution in [0.25, 0.3) is 0 Å². The molecular weight excluding hydrogens is 244 g/mol. The highest BCUT2D eigenvalue weighted by Gasteiger charge is 1.99. The van der Waals surface area contributed by atoms with Gasteiger partial charge in [0.1, 0.15) is 0 Å². The number of nitrogens with two attached hydrogens (primary N) is 1. The molecule has 5 N–H and O–H groups in total. The minimum atomic E-state index is 0.328. The molecule has 0 saturated carbocycles. The molecule has 0 aliphatic heterocycles. The van der Waals surface area contributed by atoms with Crippen LogP contribution < -0.4 is 21.7 Å². The molecule has 0 radical (unpaired) electrons. The lowest BCUT2D eigenvalue weighted by molar-refractivity contribution is 0.852. The second-order valence-corrected chi connectivity index (χ2v) is 4.00. The van der Waals surface area contributed by atoms with E-state index >= 15 is 0 Å². The number of aliphatic imine (C=N–C) groups is 1. The molecule has 0 aliphatic carbocycles. The number of benzene rings is 1. The predicted molar refractivity (Wildman–Crippen MR) is 75.4 cm³/mol. The summed E-state index contributed by atoms with van der Waals surface area (Å²) < 4.78 is 0. The van der Waals surface area contributed by atoms with Gasteiger partial charge in [0.15, 0.2) is 0 Å². The molecule has 0 saturated heterocycles. The molecule has 0 amide bonds. The maximum absolute atomic E-state index is 5.08. The Labute approximate surface area is 110 Å². The highest BCUT2D eigenvalue weighted by atomic mass is 15.6. The van der Waals surface area contributed by atoms with Gasteiger partial charge in [0, 0.05) is 26.0 Å². The van der Waals surface area contributed by atoms with Gasteiger partial charge in [-0.05, 0) is 17.7 Å². The van der Waals surface area contributed by atoms with E-state index in [2.05, 4.69) is 31.1 Å². The highest BCUT2D eigenvalue weighted by molar-refractivity contribution is 5.81. The van der Waals surface area contributed by atoms with Crippen LogP contribution in [-0.2, 0) is 0 Å². The van der Waals surface area contributed by atoms with E-state index in [4.69, 9.17) is 5.84 Å². The zero-order valence-corrected chi connectivity index (χ0v) is 10.8. The lowest BCUT2D eigenvalue weighted by atomic mass is 10.2. The molecule has 8 heteroatoms. The average Bonchev–Trinajstić information content (AvgIpc) is 2.85. The van der Waals surface area contributed by atoms with Crippen LogP contribution in [0.5, 0.6) is 0 Å². The van der Waals surface area contributed by atoms with Crippen molar-refractivity contribution in [3.8, 4) is 0 Å². The van der Waals surface area contributed by atoms with Crippen molar-refractivity contribution in [1.82, 2.24) is 20.7 Å². The zero-order valence-electron chi connectivity index (χ0n) is 10.8. The predicted octanol–water partition coefficient (Wildman–Crippen LogP) is 0.412. The Hall–Kier alpha value is -2.45. The van der Waals surface area contributed by atoms with Crippen LogP contribution in [0.4, 0.5) is 17.6 Å². The molecule has 19 heavy (non-hydrogen) atoms. The van der Waals surface area contributed by atoms with E-state index in [9.17, 15) is 0 Å². The number of nitrogens with zero attached hydrogens (tertiary/aromatic N) is 4. The van der Waals surface area contributed by atoms with Crippen molar-refractivity contribution in [1.29, 1.82) is 0 Å². The third-order valence-electron chi connectivity index (χ3n) is 2.40. The molecule has 0 bridgehead atoms. The largest absolute Gasteiger partial charge is 0.378 e. The van der Waals surface area contributed by atoms with Gasteiger partial charge in [0.25, 0.3) is 5.95 Å². The van der Waals surface area contributed by atoms with Crippen LogP contribution in [0.2, 0.25) is 0 Å². The number of hydrogen-bond acceptors (Lipinski definition) is 7. The summed E-state index contributed by atoms with van der Waals surface area (Å²) in [7, 11) is 3.99. The zero-order chi connectivity index (χ0) is 13.7. The van der Waals surface area contributed by atoms with Gasteiger partial charge in [-0.15, -0.1) is 5.10 Å². The van der Waals surface area contributed by atoms with Crippen LogP contribution in [0.1, 0.15) is 5.56 Å². The molecule has 1 aromatic carbocycles. The monoisotopic (exact) mass is 260 g/mol. The van der Waals surface area contributed by atoms with Gasteiger partial charge in [-0.3, -0.25) is 11.3 Å². The minimum absolute atomic E-state index is 0.328. The van der Waals surface area contributed by atoms with Gasteiger partial charge >= 0.3 is 0 Å². The summed E-state index contributed by atoms with van der Waals surface area (Å²) in [5, 5.41) is 6.53. The number of H-pyrrole nitrogens is 1. The van der Waals surface area contributed by atoms with Crippen molar-refractivity contribution in [3.05, 3.63) is 29.8 Å². The van der Waals surface area contributed by atoms with E-state index < -0.39 is 0 Å². The van der Waals surface area contributed by atoms with Crippen molar-refractivity contribution >= 4 is 23.8 Å². The molecule has 1 aromatic heterocycles. The van der Waals surface area contributed by atoms with Crippen molar-refractivity contribution in [3.63, 3.8) is 0 Å². The van der Waals surface area contributed by atoms with Crippen LogP contribution in [0.3, 0.4) is 0 Å². The minimum Gasteiger partial charge on any atom is -0.378 e. The molecule has 0 spiro atoms. The molecule has 2 rings (SSSR count). The highest BCUT2D eigenvalue weighted by Crippen LogP contribution is 2.12. The summed E-state index contributed by atoms with van der Waals surface area (Å²) in [6.07, 6.45) is 1.70. The van der Waals surface area contributed by atoms with Crippen LogP contribution in [-0.4, -0.2) is 35.5 Å². The number of aromatic amines is 1. The van der Waals surface area contributed by atoms with Crippen molar-refractivity contribution < 1.29 is 0 Å². The molecule has 1 heterocycles. The van der Waals surface area contributed by atoms with Crippen LogP contribution in [0, 0.1) is 0 Å². The fraction of sp³-hybridized carbons (Fsp3) is 0.182. The van der Waals surface area contributed by atoms with Crippen molar-refractivity contribution in [2.24, 2.45) is 10.8 Å². The molecule has 0 unspecified atom stereocenters. The molecule has 0 fully saturated rings. The van der Waals surface area contributed by atoms with Gasteiger partial charge in [-0.2, -0.15) is 10.5 Å². The standard InChI is InChI=1S/C11H16N8/c1-19(2)9-5-3-8(4-6-9)7-13-10-14-11(16-15-10)17-18-12/h3-7,18H,12H2,1-2H3,(H2,14,15,16,17). The first-order valence-electron chi connectivity index (χ1n) is 5.64. The lowest BCUT2D eigenvalue weighted by Crippen LogP contribution is -2.29. The summed E-state index contributed by atoms with van der Waals surface area (Å²) in [6.45, 7) is 0. The molecule has 0 aliphatic rings. The van der Waals surface area contributed by atoms with Gasteiger partial charge < -0.3 is 4.90 Å². The van der Waals surface area contributed by atoms with Gasteiger partial charge in [0.05, 0.1) is 0 Å². The maximum atomic E-state index is 5.08. The average molecular weight is 260 g/mol. The van der Waals surface area contributed by atoms with Crippen molar-refractivity contribution in [2.75, 3.05) is 24.4 Å². The molecule has 0 atom stereocenters. The maximum Gasteiger partial charge on any atom is 0.269 e. The van der Waals surface area contributed by atoms with Crippen LogP contribution in [0.15, 0.2) is 29.3 Å². The topological polar surface area (TPSA) is 107 Å². The summed E-state index contributed by atoms with van der Waals surface area (Å²) in [5.74, 6) is 5.81. The molecule has 100 valence electrons. The van der Waals surface area contributed by atoms with E-state index in [0.717, 1.165) is 11.3 Å². The smallest absolute Gasteiger partial charge is 0.269 e. The Morgan fingerprint density at radius 3 is 2.68 bits per heavy atom. The summed E-state index contributed by atoms with van der Waals surface area (Å²) in [4.78, 5) is 10.2. The first kappa shape index (κ1) is 13.0. The van der Waals surface area contributed by atoms with Crippen molar-refractivity contribution in [2.45, 2.75) is 0 Å². The van der Waals surface area contributed by atoms with E-state index in [1.165, 1.54) is 0 Å². The van der Waals surface area contributed by atoms with E-state index in [1.807, 2.05) is 43.3 Å². The number of hydrogen-bond donors (Lipinski definition) is 4. The fourth-order valence-corrected chi connectivity index (χ4v) is 1.43. The van der Waals surface area contributed by atoms with E-state index in [-0.39, 0.29) is 0 Å². The Kier molecular flexibility index (Phi) is 4.06. The third-order valence-corrected chi connectivity index (χ3v) is 2.40. The third kappa shape index (κ3) is 3.50. The summed E-state index contributed by atoms with van der Waals surface area (Å²) in [5.41, 5.74) is 6.92. The number of rotatable bonds is 5. The SMILES string of the molecule is CN(C)c1ccc(C=Nc2n[nH]c(NNN)n2)cc1. The number of nitrogens with one attached hydrogen (secondary N) is 3. The first-order chi connectivity index (χ1) is 9.19. The lowest BCUT2D eigenvalue weighted by Gasteiger charge is -2.11. The molecule has 8 nitrogen and oxygen atoms in total. The van der Waals surface area contributed by atoms with E-state index in [0.29, 0.717) is 11.9 Å². The van der Waals surface area contributed by atoms with Gasteiger partial charge in [-0.1, -0.05) is 12.1 Å².